The fraction of sp³-hybridized carbons (Fsp3) is 0.222. The second-order valence-corrected chi connectivity index (χ2v) is 3.60. The first-order valence-corrected chi connectivity index (χ1v) is 4.66. The summed E-state index contributed by atoms with van der Waals surface area (Å²) in [7, 11) is 0. The van der Waals surface area contributed by atoms with Gasteiger partial charge in [-0.2, -0.15) is 5.10 Å². The molecule has 0 saturated heterocycles. The molecule has 5 nitrogen and oxygen atoms in total. The fourth-order valence-electron chi connectivity index (χ4n) is 1.42. The minimum atomic E-state index is -0.948. The number of halogens is 1. The molecule has 6 heteroatoms. The van der Waals surface area contributed by atoms with Gasteiger partial charge < -0.3 is 5.11 Å². The Bertz CT molecular complexity index is 535. The summed E-state index contributed by atoms with van der Waals surface area (Å²) in [6.07, 6.45) is 1.48. The maximum atomic E-state index is 10.6. The molecule has 0 spiro atoms. The molecule has 0 aliphatic rings. The van der Waals surface area contributed by atoms with E-state index in [0.29, 0.717) is 10.7 Å². The van der Waals surface area contributed by atoms with Gasteiger partial charge >= 0.3 is 5.97 Å². The molecule has 2 heterocycles. The summed E-state index contributed by atoms with van der Waals surface area (Å²) in [6, 6.07) is 1.73. The lowest BCUT2D eigenvalue weighted by Crippen LogP contribution is -2.10. The van der Waals surface area contributed by atoms with Gasteiger partial charge in [0.2, 0.25) is 0 Å². The van der Waals surface area contributed by atoms with E-state index < -0.39 is 5.97 Å². The normalized spacial score (nSPS) is 10.8. The summed E-state index contributed by atoms with van der Waals surface area (Å²) in [4.78, 5) is 14.6. The molecule has 2 aromatic heterocycles. The van der Waals surface area contributed by atoms with E-state index in [1.165, 1.54) is 10.9 Å². The minimum Gasteiger partial charge on any atom is -0.480 e. The number of carbonyl (C=O) groups is 1. The molecule has 78 valence electrons. The lowest BCUT2D eigenvalue weighted by atomic mass is 10.3. The van der Waals surface area contributed by atoms with Gasteiger partial charge in [-0.3, -0.25) is 4.79 Å². The number of aliphatic carboxylic acids is 1. The predicted octanol–water partition coefficient (Wildman–Crippen LogP) is 1.48. The van der Waals surface area contributed by atoms with Gasteiger partial charge in [0.05, 0.1) is 10.7 Å². The number of hydrogen-bond acceptors (Lipinski definition) is 3. The molecular formula is C9H8ClN3O2. The fourth-order valence-corrected chi connectivity index (χ4v) is 1.58. The zero-order valence-electron chi connectivity index (χ0n) is 7.94. The largest absolute Gasteiger partial charge is 0.480 e. The van der Waals surface area contributed by atoms with Crippen LogP contribution in [0.1, 0.15) is 5.69 Å². The van der Waals surface area contributed by atoms with Crippen LogP contribution in [0.15, 0.2) is 12.3 Å². The molecule has 2 rings (SSSR count). The number of hydrogen-bond donors (Lipinski definition) is 1. The van der Waals surface area contributed by atoms with E-state index in [0.717, 1.165) is 11.1 Å². The van der Waals surface area contributed by atoms with Crippen molar-refractivity contribution < 1.29 is 9.90 Å². The summed E-state index contributed by atoms with van der Waals surface area (Å²) in [5.74, 6) is -0.948. The van der Waals surface area contributed by atoms with Crippen LogP contribution in [0.4, 0.5) is 0 Å². The number of nitrogens with zero attached hydrogens (tertiary/aromatic N) is 3. The second-order valence-electron chi connectivity index (χ2n) is 3.16. The molecule has 0 amide bonds. The van der Waals surface area contributed by atoms with Crippen LogP contribution in [0.3, 0.4) is 0 Å². The van der Waals surface area contributed by atoms with Crippen molar-refractivity contribution in [3.8, 4) is 0 Å². The molecule has 0 aliphatic heterocycles. The summed E-state index contributed by atoms with van der Waals surface area (Å²) in [6.45, 7) is 1.59. The number of carboxylic acids is 1. The zero-order valence-corrected chi connectivity index (χ0v) is 8.69. The van der Waals surface area contributed by atoms with E-state index in [9.17, 15) is 4.79 Å². The molecular weight excluding hydrogens is 218 g/mol. The van der Waals surface area contributed by atoms with Crippen LogP contribution in [-0.4, -0.2) is 25.8 Å². The van der Waals surface area contributed by atoms with Crippen LogP contribution in [0.5, 0.6) is 0 Å². The smallest absolute Gasteiger partial charge is 0.325 e. The molecule has 0 atom stereocenters. The van der Waals surface area contributed by atoms with Gasteiger partial charge in [-0.05, 0) is 13.0 Å². The second kappa shape index (κ2) is 3.51. The molecule has 0 bridgehead atoms. The molecule has 1 N–H and O–H groups in total. The highest BCUT2D eigenvalue weighted by molar-refractivity contribution is 6.31. The highest BCUT2D eigenvalue weighted by Gasteiger charge is 2.11. The molecule has 0 aromatic carbocycles. The minimum absolute atomic E-state index is 0.195. The highest BCUT2D eigenvalue weighted by atomic mass is 35.5. The highest BCUT2D eigenvalue weighted by Crippen LogP contribution is 2.19. The SMILES string of the molecule is Cc1nn(CC(=O)O)c2ncc(Cl)cc12. The molecule has 0 radical (unpaired) electrons. The molecule has 0 aliphatic carbocycles. The Morgan fingerprint density at radius 3 is 3.07 bits per heavy atom. The van der Waals surface area contributed by atoms with E-state index in [4.69, 9.17) is 16.7 Å². The van der Waals surface area contributed by atoms with Crippen molar-refractivity contribution in [2.24, 2.45) is 0 Å². The van der Waals surface area contributed by atoms with Gasteiger partial charge in [0.15, 0.2) is 5.65 Å². The van der Waals surface area contributed by atoms with Gasteiger partial charge in [0.1, 0.15) is 6.54 Å². The summed E-state index contributed by atoms with van der Waals surface area (Å²) < 4.78 is 1.35. The van der Waals surface area contributed by atoms with Gasteiger partial charge in [0.25, 0.3) is 0 Å². The maximum Gasteiger partial charge on any atom is 0.325 e. The average Bonchev–Trinajstić information content (AvgIpc) is 2.42. The summed E-state index contributed by atoms with van der Waals surface area (Å²) in [5, 5.41) is 14.1. The first kappa shape index (κ1) is 9.92. The van der Waals surface area contributed by atoms with Crippen molar-refractivity contribution in [3.05, 3.63) is 23.0 Å². The van der Waals surface area contributed by atoms with Gasteiger partial charge in [-0.1, -0.05) is 11.6 Å². The zero-order chi connectivity index (χ0) is 11.0. The third-order valence-electron chi connectivity index (χ3n) is 2.02. The number of pyridine rings is 1. The Morgan fingerprint density at radius 2 is 2.40 bits per heavy atom. The van der Waals surface area contributed by atoms with E-state index in [-0.39, 0.29) is 6.54 Å². The number of rotatable bonds is 2. The van der Waals surface area contributed by atoms with E-state index in [2.05, 4.69) is 10.1 Å². The first-order valence-electron chi connectivity index (χ1n) is 4.28. The number of fused-ring (bicyclic) bond motifs is 1. The Kier molecular flexibility index (Phi) is 2.32. The summed E-state index contributed by atoms with van der Waals surface area (Å²) >= 11 is 5.79. The van der Waals surface area contributed by atoms with Gasteiger partial charge in [-0.15, -0.1) is 0 Å². The van der Waals surface area contributed by atoms with Crippen LogP contribution < -0.4 is 0 Å². The van der Waals surface area contributed by atoms with Crippen molar-refractivity contribution in [1.82, 2.24) is 14.8 Å². The van der Waals surface area contributed by atoms with E-state index >= 15 is 0 Å². The Morgan fingerprint density at radius 1 is 1.67 bits per heavy atom. The van der Waals surface area contributed by atoms with Crippen LogP contribution in [-0.2, 0) is 11.3 Å². The van der Waals surface area contributed by atoms with E-state index in [1.54, 1.807) is 13.0 Å². The standard InChI is InChI=1S/C9H8ClN3O2/c1-5-7-2-6(10)3-11-9(7)13(12-5)4-8(14)15/h2-3H,4H2,1H3,(H,14,15). The lowest BCUT2D eigenvalue weighted by molar-refractivity contribution is -0.137. The third kappa shape index (κ3) is 1.78. The Hall–Kier alpha value is -1.62. The lowest BCUT2D eigenvalue weighted by Gasteiger charge is -1.97. The predicted molar refractivity (Wildman–Crippen MR) is 54.9 cm³/mol. The monoisotopic (exact) mass is 225 g/mol. The maximum absolute atomic E-state index is 10.6. The van der Waals surface area contributed by atoms with Crippen molar-refractivity contribution in [2.45, 2.75) is 13.5 Å². The van der Waals surface area contributed by atoms with Crippen LogP contribution in [0.2, 0.25) is 5.02 Å². The third-order valence-corrected chi connectivity index (χ3v) is 2.23. The van der Waals surface area contributed by atoms with Crippen LogP contribution in [0, 0.1) is 6.92 Å². The number of aromatic nitrogens is 3. The first-order chi connectivity index (χ1) is 7.08. The topological polar surface area (TPSA) is 68.0 Å². The molecule has 0 saturated carbocycles. The number of carboxylic acid groups (broad SMARTS) is 1. The molecule has 0 fully saturated rings. The van der Waals surface area contributed by atoms with E-state index in [1.807, 2.05) is 0 Å². The van der Waals surface area contributed by atoms with Crippen molar-refractivity contribution in [1.29, 1.82) is 0 Å². The van der Waals surface area contributed by atoms with Crippen molar-refractivity contribution >= 4 is 28.6 Å². The Balaban J connectivity index is 2.62. The van der Waals surface area contributed by atoms with Gasteiger partial charge in [0, 0.05) is 11.6 Å². The van der Waals surface area contributed by atoms with Crippen molar-refractivity contribution in [3.63, 3.8) is 0 Å². The quantitative estimate of drug-likeness (QED) is 0.841. The van der Waals surface area contributed by atoms with Crippen molar-refractivity contribution in [2.75, 3.05) is 0 Å². The van der Waals surface area contributed by atoms with Crippen LogP contribution >= 0.6 is 11.6 Å². The van der Waals surface area contributed by atoms with Gasteiger partial charge in [-0.25, -0.2) is 9.67 Å². The molecule has 15 heavy (non-hydrogen) atoms. The number of aryl methyl sites for hydroxylation is 1. The average molecular weight is 226 g/mol. The molecule has 0 unspecified atom stereocenters. The summed E-state index contributed by atoms with van der Waals surface area (Å²) in [5.41, 5.74) is 1.26. The Labute approximate surface area is 90.3 Å². The van der Waals surface area contributed by atoms with Crippen LogP contribution in [0.25, 0.3) is 11.0 Å². The molecule has 2 aromatic rings.